The molecule has 0 unspecified atom stereocenters. The molecule has 0 bridgehead atoms. The number of carbonyl (C=O) groups excluding carboxylic acids is 3. The Hall–Kier alpha value is -3.13. The highest BCUT2D eigenvalue weighted by Crippen LogP contribution is 2.52. The largest absolute Gasteiger partial charge is 0.425 e. The maximum absolute atomic E-state index is 14.8. The molecule has 2 aromatic carbocycles. The van der Waals surface area contributed by atoms with Gasteiger partial charge in [-0.05, 0) is 48.2 Å². The van der Waals surface area contributed by atoms with Gasteiger partial charge < -0.3 is 5.32 Å². The molecule has 1 aliphatic carbocycles. The molecule has 0 radical (unpaired) electrons. The van der Waals surface area contributed by atoms with E-state index in [9.17, 15) is 27.6 Å². The standard InChI is InChI=1S/C24H20ClF3N2O3/c1-22(2)12-17-19(18(31)13-22)23(24(26,27)28,29-20(32)14-6-4-3-5-7-14)21(33)30(17)16-10-8-15(25)9-11-16/h3-11H,12-13H2,1-2H3,(H,29,32)/t23-/m0/s1. The molecule has 33 heavy (non-hydrogen) atoms. The van der Waals surface area contributed by atoms with Crippen LogP contribution in [0.3, 0.4) is 0 Å². The van der Waals surface area contributed by atoms with Crippen molar-refractivity contribution in [3.8, 4) is 0 Å². The van der Waals surface area contributed by atoms with Crippen molar-refractivity contribution in [1.82, 2.24) is 5.32 Å². The molecule has 0 saturated heterocycles. The third-order valence-electron chi connectivity index (χ3n) is 5.87. The van der Waals surface area contributed by atoms with Crippen molar-refractivity contribution in [2.45, 2.75) is 38.4 Å². The van der Waals surface area contributed by atoms with Crippen LogP contribution in [0.4, 0.5) is 18.9 Å². The third kappa shape index (κ3) is 3.72. The summed E-state index contributed by atoms with van der Waals surface area (Å²) in [5, 5.41) is 2.24. The highest BCUT2D eigenvalue weighted by molar-refractivity contribution is 6.30. The molecule has 4 rings (SSSR count). The number of ketones is 1. The molecular formula is C24H20ClF3N2O3. The summed E-state index contributed by atoms with van der Waals surface area (Å²) in [6, 6.07) is 12.9. The highest BCUT2D eigenvalue weighted by Gasteiger charge is 2.71. The van der Waals surface area contributed by atoms with Crippen molar-refractivity contribution < 1.29 is 27.6 Å². The first-order valence-corrected chi connectivity index (χ1v) is 10.6. The zero-order valence-corrected chi connectivity index (χ0v) is 18.6. The smallest absolute Gasteiger partial charge is 0.326 e. The quantitative estimate of drug-likeness (QED) is 0.673. The predicted molar refractivity (Wildman–Crippen MR) is 117 cm³/mol. The second-order valence-electron chi connectivity index (χ2n) is 8.95. The van der Waals surface area contributed by atoms with Crippen LogP contribution in [-0.2, 0) is 9.59 Å². The van der Waals surface area contributed by atoms with Crippen LogP contribution in [0.15, 0.2) is 65.9 Å². The van der Waals surface area contributed by atoms with Gasteiger partial charge in [0, 0.05) is 28.4 Å². The summed E-state index contributed by atoms with van der Waals surface area (Å²) >= 11 is 5.92. The Morgan fingerprint density at radius 1 is 1.00 bits per heavy atom. The zero-order chi connectivity index (χ0) is 24.2. The van der Waals surface area contributed by atoms with Gasteiger partial charge in [0.1, 0.15) is 0 Å². The Morgan fingerprint density at radius 2 is 1.61 bits per heavy atom. The number of anilines is 1. The maximum atomic E-state index is 14.8. The van der Waals surface area contributed by atoms with Gasteiger partial charge in [0.25, 0.3) is 11.8 Å². The normalized spacial score (nSPS) is 22.4. The Bertz CT molecular complexity index is 1170. The van der Waals surface area contributed by atoms with E-state index in [4.69, 9.17) is 11.6 Å². The average Bonchev–Trinajstić information content (AvgIpc) is 2.97. The molecule has 0 aromatic heterocycles. The van der Waals surface area contributed by atoms with Crippen molar-refractivity contribution in [3.05, 3.63) is 76.5 Å². The molecule has 0 saturated carbocycles. The molecule has 5 nitrogen and oxygen atoms in total. The number of allylic oxidation sites excluding steroid dienone is 1. The number of nitrogens with zero attached hydrogens (tertiary/aromatic N) is 1. The molecule has 9 heteroatoms. The topological polar surface area (TPSA) is 66.5 Å². The monoisotopic (exact) mass is 476 g/mol. The Morgan fingerprint density at radius 3 is 2.18 bits per heavy atom. The molecule has 0 fully saturated rings. The Labute approximate surface area is 193 Å². The Kier molecular flexibility index (Phi) is 5.40. The lowest BCUT2D eigenvalue weighted by Crippen LogP contribution is -2.66. The molecule has 1 N–H and O–H groups in total. The van der Waals surface area contributed by atoms with Gasteiger partial charge in [0.2, 0.25) is 5.54 Å². The average molecular weight is 477 g/mol. The van der Waals surface area contributed by atoms with Gasteiger partial charge in [0.15, 0.2) is 5.78 Å². The van der Waals surface area contributed by atoms with Crippen LogP contribution in [0.2, 0.25) is 5.02 Å². The van der Waals surface area contributed by atoms with Crippen molar-refractivity contribution in [1.29, 1.82) is 0 Å². The van der Waals surface area contributed by atoms with Crippen LogP contribution in [0.5, 0.6) is 0 Å². The minimum absolute atomic E-state index is 0.0431. The number of Topliss-reactive ketones (excluding diaryl/α,β-unsaturated/α-hetero) is 1. The van der Waals surface area contributed by atoms with E-state index in [0.717, 1.165) is 4.90 Å². The fourth-order valence-electron chi connectivity index (χ4n) is 4.45. The first-order chi connectivity index (χ1) is 15.4. The van der Waals surface area contributed by atoms with Crippen LogP contribution in [-0.4, -0.2) is 29.3 Å². The van der Waals surface area contributed by atoms with Gasteiger partial charge in [-0.25, -0.2) is 0 Å². The molecular weight excluding hydrogens is 457 g/mol. The fourth-order valence-corrected chi connectivity index (χ4v) is 4.57. The zero-order valence-electron chi connectivity index (χ0n) is 17.8. The van der Waals surface area contributed by atoms with Gasteiger partial charge in [-0.3, -0.25) is 19.3 Å². The molecule has 1 aliphatic heterocycles. The number of hydrogen-bond donors (Lipinski definition) is 1. The summed E-state index contributed by atoms with van der Waals surface area (Å²) in [6.07, 6.45) is -5.42. The van der Waals surface area contributed by atoms with Gasteiger partial charge >= 0.3 is 6.18 Å². The predicted octanol–water partition coefficient (Wildman–Crippen LogP) is 5.06. The van der Waals surface area contributed by atoms with E-state index < -0.39 is 40.3 Å². The summed E-state index contributed by atoms with van der Waals surface area (Å²) in [4.78, 5) is 40.5. The van der Waals surface area contributed by atoms with E-state index in [1.54, 1.807) is 19.9 Å². The van der Waals surface area contributed by atoms with Crippen LogP contribution >= 0.6 is 11.6 Å². The van der Waals surface area contributed by atoms with Gasteiger partial charge in [-0.1, -0.05) is 43.6 Å². The molecule has 0 spiro atoms. The van der Waals surface area contributed by atoms with Crippen molar-refractivity contribution >= 4 is 34.9 Å². The molecule has 2 aromatic rings. The van der Waals surface area contributed by atoms with Gasteiger partial charge in [0.05, 0.1) is 5.57 Å². The van der Waals surface area contributed by atoms with Crippen LogP contribution in [0.25, 0.3) is 0 Å². The Balaban J connectivity index is 1.94. The summed E-state index contributed by atoms with van der Waals surface area (Å²) in [7, 11) is 0. The number of hydrogen-bond acceptors (Lipinski definition) is 3. The lowest BCUT2D eigenvalue weighted by atomic mass is 9.72. The number of alkyl halides is 3. The number of benzene rings is 2. The van der Waals surface area contributed by atoms with E-state index in [1.165, 1.54) is 48.5 Å². The number of halogens is 4. The van der Waals surface area contributed by atoms with E-state index in [-0.39, 0.29) is 29.8 Å². The van der Waals surface area contributed by atoms with Crippen molar-refractivity contribution in [3.63, 3.8) is 0 Å². The molecule has 2 amide bonds. The third-order valence-corrected chi connectivity index (χ3v) is 6.12. The molecule has 172 valence electrons. The van der Waals surface area contributed by atoms with Crippen LogP contribution in [0.1, 0.15) is 37.0 Å². The van der Waals surface area contributed by atoms with Gasteiger partial charge in [-0.15, -0.1) is 0 Å². The second-order valence-corrected chi connectivity index (χ2v) is 9.38. The van der Waals surface area contributed by atoms with Crippen molar-refractivity contribution in [2.24, 2.45) is 5.41 Å². The van der Waals surface area contributed by atoms with E-state index in [1.807, 2.05) is 5.32 Å². The lowest BCUT2D eigenvalue weighted by Gasteiger charge is -2.35. The number of carbonyl (C=O) groups is 3. The molecule has 1 atom stereocenters. The highest BCUT2D eigenvalue weighted by atomic mass is 35.5. The molecule has 2 aliphatic rings. The SMILES string of the molecule is CC1(C)CC(=O)C2=C(C1)N(c1ccc(Cl)cc1)C(=O)[C@]2(NC(=O)c1ccccc1)C(F)(F)F. The summed E-state index contributed by atoms with van der Waals surface area (Å²) in [6.45, 7) is 3.49. The van der Waals surface area contributed by atoms with E-state index >= 15 is 0 Å². The minimum Gasteiger partial charge on any atom is -0.326 e. The number of amides is 2. The summed E-state index contributed by atoms with van der Waals surface area (Å²) in [5.74, 6) is -3.38. The number of rotatable bonds is 3. The van der Waals surface area contributed by atoms with Gasteiger partial charge in [-0.2, -0.15) is 13.2 Å². The lowest BCUT2D eigenvalue weighted by molar-refractivity contribution is -0.186. The van der Waals surface area contributed by atoms with E-state index in [0.29, 0.717) is 5.02 Å². The first kappa shape index (κ1) is 23.0. The summed E-state index contributed by atoms with van der Waals surface area (Å²) < 4.78 is 44.3. The van der Waals surface area contributed by atoms with E-state index in [2.05, 4.69) is 0 Å². The minimum atomic E-state index is -5.27. The number of nitrogens with one attached hydrogen (secondary N) is 1. The fraction of sp³-hybridized carbons (Fsp3) is 0.292. The summed E-state index contributed by atoms with van der Waals surface area (Å²) in [5.41, 5.74) is -4.89. The first-order valence-electron chi connectivity index (χ1n) is 10.2. The van der Waals surface area contributed by atoms with Crippen LogP contribution < -0.4 is 10.2 Å². The van der Waals surface area contributed by atoms with Crippen molar-refractivity contribution in [2.75, 3.05) is 4.90 Å². The maximum Gasteiger partial charge on any atom is 0.425 e. The van der Waals surface area contributed by atoms with Crippen LogP contribution in [0, 0.1) is 5.41 Å². The molecule has 1 heterocycles. The second kappa shape index (κ2) is 7.73.